The van der Waals surface area contributed by atoms with Crippen LogP contribution in [0, 0.1) is 6.92 Å². The van der Waals surface area contributed by atoms with Crippen molar-refractivity contribution in [2.24, 2.45) is 0 Å². The minimum atomic E-state index is -0.0315. The van der Waals surface area contributed by atoms with Crippen molar-refractivity contribution in [3.8, 4) is 17.2 Å². The smallest absolute Gasteiger partial charge is 0.226 e. The maximum atomic E-state index is 9.29. The van der Waals surface area contributed by atoms with Crippen LogP contribution >= 0.6 is 0 Å². The van der Waals surface area contributed by atoms with Crippen LogP contribution in [0.15, 0.2) is 63.4 Å². The Bertz CT molecular complexity index is 1050. The van der Waals surface area contributed by atoms with E-state index in [9.17, 15) is 5.11 Å². The molecule has 5 nitrogen and oxygen atoms in total. The lowest BCUT2D eigenvalue weighted by molar-refractivity contribution is 0.259. The van der Waals surface area contributed by atoms with E-state index in [0.29, 0.717) is 18.2 Å². The first-order valence-corrected chi connectivity index (χ1v) is 8.93. The molecule has 0 radical (unpaired) electrons. The maximum absolute atomic E-state index is 9.29. The maximum Gasteiger partial charge on any atom is 0.226 e. The molecule has 138 valence electrons. The van der Waals surface area contributed by atoms with Gasteiger partial charge in [-0.3, -0.25) is 0 Å². The number of hydrogen-bond donors (Lipinski definition) is 1. The van der Waals surface area contributed by atoms with Gasteiger partial charge >= 0.3 is 0 Å². The lowest BCUT2D eigenvalue weighted by Crippen LogP contribution is -1.97. The molecule has 0 spiro atoms. The molecule has 0 saturated heterocycles. The molecular weight excluding hydrogens is 342 g/mol. The van der Waals surface area contributed by atoms with Gasteiger partial charge in [-0.25, -0.2) is 4.98 Å². The third kappa shape index (κ3) is 3.59. The van der Waals surface area contributed by atoms with Crippen molar-refractivity contribution in [2.75, 3.05) is 6.61 Å². The number of nitrogens with zero attached hydrogens (tertiary/aromatic N) is 1. The van der Waals surface area contributed by atoms with Crippen LogP contribution in [-0.2, 0) is 6.61 Å². The van der Waals surface area contributed by atoms with Crippen LogP contribution in [0.5, 0.6) is 5.75 Å². The first kappa shape index (κ1) is 17.4. The summed E-state index contributed by atoms with van der Waals surface area (Å²) in [6, 6.07) is 17.5. The number of aromatic nitrogens is 1. The quantitative estimate of drug-likeness (QED) is 0.518. The average molecular weight is 363 g/mol. The number of ether oxygens (including phenoxy) is 1. The number of aliphatic hydroxyl groups excluding tert-OH is 1. The van der Waals surface area contributed by atoms with Gasteiger partial charge in [-0.1, -0.05) is 25.1 Å². The summed E-state index contributed by atoms with van der Waals surface area (Å²) < 4.78 is 17.5. The Balaban J connectivity index is 1.51. The molecule has 0 aliphatic rings. The van der Waals surface area contributed by atoms with Gasteiger partial charge in [-0.05, 0) is 37.3 Å². The second-order valence-corrected chi connectivity index (χ2v) is 6.61. The lowest BCUT2D eigenvalue weighted by Gasteiger charge is -2.04. The van der Waals surface area contributed by atoms with Crippen LogP contribution in [-0.4, -0.2) is 16.7 Å². The molecular formula is C22H21NO4. The number of aliphatic hydroxyl groups is 1. The van der Waals surface area contributed by atoms with Gasteiger partial charge in [0.25, 0.3) is 0 Å². The van der Waals surface area contributed by atoms with Gasteiger partial charge in [0.1, 0.15) is 35.2 Å². The van der Waals surface area contributed by atoms with E-state index >= 15 is 0 Å². The minimum Gasteiger partial charge on any atom is -0.487 e. The van der Waals surface area contributed by atoms with E-state index in [1.54, 1.807) is 0 Å². The zero-order valence-corrected chi connectivity index (χ0v) is 15.3. The molecule has 1 unspecified atom stereocenters. The average Bonchev–Trinajstić information content (AvgIpc) is 3.29. The van der Waals surface area contributed by atoms with E-state index in [1.807, 2.05) is 68.4 Å². The molecule has 0 aliphatic carbocycles. The highest BCUT2D eigenvalue weighted by molar-refractivity contribution is 5.79. The normalized spacial score (nSPS) is 12.4. The Hall–Kier alpha value is -3.05. The summed E-state index contributed by atoms with van der Waals surface area (Å²) in [7, 11) is 0. The van der Waals surface area contributed by atoms with Gasteiger partial charge in [0.15, 0.2) is 0 Å². The molecule has 1 atom stereocenters. The molecule has 5 heteroatoms. The Morgan fingerprint density at radius 1 is 1.07 bits per heavy atom. The third-order valence-corrected chi connectivity index (χ3v) is 4.56. The highest BCUT2D eigenvalue weighted by atomic mass is 16.5. The summed E-state index contributed by atoms with van der Waals surface area (Å²) in [5.41, 5.74) is 2.45. The standard InChI is InChI=1S/C22H21NO4/c1-14(12-24)20-10-17-8-9-18(11-21(17)27-20)25-13-19-15(2)26-22(23-19)16-6-4-3-5-7-16/h3-11,14,24H,12-13H2,1-2H3. The van der Waals surface area contributed by atoms with Crippen molar-refractivity contribution in [3.63, 3.8) is 0 Å². The highest BCUT2D eigenvalue weighted by Crippen LogP contribution is 2.29. The molecule has 4 aromatic rings. The molecule has 27 heavy (non-hydrogen) atoms. The van der Waals surface area contributed by atoms with Crippen LogP contribution in [0.1, 0.15) is 30.1 Å². The second kappa shape index (κ2) is 7.29. The SMILES string of the molecule is Cc1oc(-c2ccccc2)nc1COc1ccc2cc(C(C)CO)oc2c1. The summed E-state index contributed by atoms with van der Waals surface area (Å²) in [4.78, 5) is 4.55. The Morgan fingerprint density at radius 3 is 2.67 bits per heavy atom. The molecule has 2 aromatic carbocycles. The molecule has 0 aliphatic heterocycles. The first-order chi connectivity index (χ1) is 13.1. The zero-order chi connectivity index (χ0) is 18.8. The number of furan rings is 1. The summed E-state index contributed by atoms with van der Waals surface area (Å²) in [6.45, 7) is 4.18. The largest absolute Gasteiger partial charge is 0.487 e. The number of fused-ring (bicyclic) bond motifs is 1. The van der Waals surface area contributed by atoms with Gasteiger partial charge in [-0.2, -0.15) is 0 Å². The van der Waals surface area contributed by atoms with E-state index in [4.69, 9.17) is 13.6 Å². The predicted molar refractivity (Wildman–Crippen MR) is 103 cm³/mol. The molecule has 0 saturated carbocycles. The van der Waals surface area contributed by atoms with Gasteiger partial charge in [-0.15, -0.1) is 0 Å². The third-order valence-electron chi connectivity index (χ3n) is 4.56. The Labute approximate surface area is 157 Å². The van der Waals surface area contributed by atoms with Crippen LogP contribution < -0.4 is 4.74 Å². The van der Waals surface area contributed by atoms with E-state index in [2.05, 4.69) is 4.98 Å². The zero-order valence-electron chi connectivity index (χ0n) is 15.3. The second-order valence-electron chi connectivity index (χ2n) is 6.61. The molecule has 2 heterocycles. The fraction of sp³-hybridized carbons (Fsp3) is 0.227. The molecule has 2 aromatic heterocycles. The van der Waals surface area contributed by atoms with Crippen molar-refractivity contribution in [3.05, 3.63) is 71.8 Å². The Kier molecular flexibility index (Phi) is 4.69. The molecule has 0 amide bonds. The monoisotopic (exact) mass is 363 g/mol. The summed E-state index contributed by atoms with van der Waals surface area (Å²) in [6.07, 6.45) is 0. The fourth-order valence-corrected chi connectivity index (χ4v) is 2.87. The van der Waals surface area contributed by atoms with Crippen molar-refractivity contribution in [1.82, 2.24) is 4.98 Å². The summed E-state index contributed by atoms with van der Waals surface area (Å²) >= 11 is 0. The lowest BCUT2D eigenvalue weighted by atomic mass is 10.1. The van der Waals surface area contributed by atoms with Crippen LogP contribution in [0.4, 0.5) is 0 Å². The van der Waals surface area contributed by atoms with Gasteiger partial charge in [0.05, 0.1) is 6.61 Å². The van der Waals surface area contributed by atoms with Crippen LogP contribution in [0.2, 0.25) is 0 Å². The van der Waals surface area contributed by atoms with Crippen molar-refractivity contribution in [2.45, 2.75) is 26.4 Å². The van der Waals surface area contributed by atoms with Crippen molar-refractivity contribution < 1.29 is 18.7 Å². The fourth-order valence-electron chi connectivity index (χ4n) is 2.87. The number of benzene rings is 2. The highest BCUT2D eigenvalue weighted by Gasteiger charge is 2.13. The molecule has 0 fully saturated rings. The van der Waals surface area contributed by atoms with Gasteiger partial charge in [0, 0.05) is 22.9 Å². The van der Waals surface area contributed by atoms with Crippen molar-refractivity contribution in [1.29, 1.82) is 0 Å². The number of oxazole rings is 1. The summed E-state index contributed by atoms with van der Waals surface area (Å²) in [5, 5.41) is 10.3. The van der Waals surface area contributed by atoms with Crippen LogP contribution in [0.25, 0.3) is 22.4 Å². The van der Waals surface area contributed by atoms with E-state index in [-0.39, 0.29) is 12.5 Å². The number of hydrogen-bond acceptors (Lipinski definition) is 5. The first-order valence-electron chi connectivity index (χ1n) is 8.93. The number of aryl methyl sites for hydroxylation is 1. The Morgan fingerprint density at radius 2 is 1.89 bits per heavy atom. The topological polar surface area (TPSA) is 68.6 Å². The minimum absolute atomic E-state index is 0.0315. The van der Waals surface area contributed by atoms with E-state index in [0.717, 1.165) is 33.7 Å². The number of rotatable bonds is 6. The van der Waals surface area contributed by atoms with E-state index in [1.165, 1.54) is 0 Å². The summed E-state index contributed by atoms with van der Waals surface area (Å²) in [5.74, 6) is 2.77. The van der Waals surface area contributed by atoms with Gasteiger partial charge < -0.3 is 18.7 Å². The van der Waals surface area contributed by atoms with Gasteiger partial charge in [0.2, 0.25) is 5.89 Å². The molecule has 0 bridgehead atoms. The van der Waals surface area contributed by atoms with Crippen molar-refractivity contribution >= 4 is 11.0 Å². The molecule has 4 rings (SSSR count). The van der Waals surface area contributed by atoms with E-state index < -0.39 is 0 Å². The molecule has 1 N–H and O–H groups in total. The van der Waals surface area contributed by atoms with Crippen LogP contribution in [0.3, 0.4) is 0 Å². The predicted octanol–water partition coefficient (Wildman–Crippen LogP) is 5.07.